The van der Waals surface area contributed by atoms with E-state index in [4.69, 9.17) is 5.73 Å². The molecule has 0 bridgehead atoms. The lowest BCUT2D eigenvalue weighted by atomic mass is 10.0. The summed E-state index contributed by atoms with van der Waals surface area (Å²) in [5.74, 6) is -0.500. The van der Waals surface area contributed by atoms with Crippen LogP contribution in [0.25, 0.3) is 0 Å². The molecule has 4 heteroatoms. The minimum Gasteiger partial charge on any atom is -0.366 e. The molecular weight excluding hydrogens is 250 g/mol. The molecular formula is C16H19N3O. The first-order valence-electron chi connectivity index (χ1n) is 6.50. The van der Waals surface area contributed by atoms with Gasteiger partial charge in [-0.1, -0.05) is 26.0 Å². The maximum absolute atomic E-state index is 11.3. The molecule has 0 saturated heterocycles. The minimum atomic E-state index is -0.500. The number of hydrogen-bond donors (Lipinski definition) is 1. The molecule has 0 radical (unpaired) electrons. The molecule has 1 heterocycles. The van der Waals surface area contributed by atoms with Crippen molar-refractivity contribution in [2.45, 2.75) is 20.3 Å². The van der Waals surface area contributed by atoms with E-state index in [9.17, 15) is 4.79 Å². The second-order valence-electron chi connectivity index (χ2n) is 3.87. The summed E-state index contributed by atoms with van der Waals surface area (Å²) in [5, 5.41) is 0. The molecule has 0 fully saturated rings. The van der Waals surface area contributed by atoms with Gasteiger partial charge in [-0.2, -0.15) is 0 Å². The molecule has 104 valence electrons. The average Bonchev–Trinajstić information content (AvgIpc) is 2.50. The quantitative estimate of drug-likeness (QED) is 0.866. The van der Waals surface area contributed by atoms with Gasteiger partial charge in [-0.05, 0) is 36.5 Å². The third-order valence-corrected chi connectivity index (χ3v) is 2.61. The van der Waals surface area contributed by atoms with Crippen LogP contribution in [0.2, 0.25) is 0 Å². The number of amides is 1. The van der Waals surface area contributed by atoms with Crippen molar-refractivity contribution in [3.05, 3.63) is 59.4 Å². The van der Waals surface area contributed by atoms with Crippen molar-refractivity contribution in [2.24, 2.45) is 10.7 Å². The van der Waals surface area contributed by atoms with Crippen LogP contribution < -0.4 is 5.73 Å². The van der Waals surface area contributed by atoms with Crippen molar-refractivity contribution in [3.63, 3.8) is 0 Å². The molecule has 0 spiro atoms. The van der Waals surface area contributed by atoms with Gasteiger partial charge in [0, 0.05) is 18.3 Å². The van der Waals surface area contributed by atoms with Crippen LogP contribution in [0.3, 0.4) is 0 Å². The number of pyridine rings is 1. The maximum Gasteiger partial charge on any atom is 0.250 e. The summed E-state index contributed by atoms with van der Waals surface area (Å²) >= 11 is 0. The van der Waals surface area contributed by atoms with Crippen LogP contribution in [0.5, 0.6) is 0 Å². The van der Waals surface area contributed by atoms with Crippen LogP contribution in [0.1, 0.15) is 35.5 Å². The summed E-state index contributed by atoms with van der Waals surface area (Å²) in [6, 6.07) is 11.1. The smallest absolute Gasteiger partial charge is 0.250 e. The predicted molar refractivity (Wildman–Crippen MR) is 82.6 cm³/mol. The Morgan fingerprint density at radius 1 is 1.30 bits per heavy atom. The number of aromatic nitrogens is 1. The van der Waals surface area contributed by atoms with Crippen LogP contribution >= 0.6 is 0 Å². The zero-order chi connectivity index (χ0) is 15.0. The minimum absolute atomic E-state index is 0.387. The largest absolute Gasteiger partial charge is 0.366 e. The fourth-order valence-corrected chi connectivity index (χ4v) is 1.74. The van der Waals surface area contributed by atoms with E-state index in [-0.39, 0.29) is 0 Å². The van der Waals surface area contributed by atoms with Gasteiger partial charge in [0.25, 0.3) is 5.91 Å². The van der Waals surface area contributed by atoms with Gasteiger partial charge in [-0.3, -0.25) is 14.8 Å². The molecule has 1 amide bonds. The normalized spacial score (nSPS) is 9.30. The lowest BCUT2D eigenvalue weighted by molar-refractivity contribution is 0.100. The SMILES string of the molecule is C=Nc1ccc(Cc2ccccn2)cc1C(N)=O.CC. The number of primary amides is 1. The fourth-order valence-electron chi connectivity index (χ4n) is 1.74. The molecule has 0 saturated carbocycles. The van der Waals surface area contributed by atoms with Crippen LogP contribution in [0.15, 0.2) is 47.6 Å². The maximum atomic E-state index is 11.3. The van der Waals surface area contributed by atoms with E-state index < -0.39 is 5.91 Å². The molecule has 0 aliphatic carbocycles. The molecule has 0 aliphatic heterocycles. The van der Waals surface area contributed by atoms with Gasteiger partial charge in [0.05, 0.1) is 11.3 Å². The second kappa shape index (κ2) is 7.84. The molecule has 2 N–H and O–H groups in total. The first-order chi connectivity index (χ1) is 9.70. The third kappa shape index (κ3) is 4.02. The van der Waals surface area contributed by atoms with E-state index in [1.165, 1.54) is 0 Å². The molecule has 20 heavy (non-hydrogen) atoms. The Kier molecular flexibility index (Phi) is 6.10. The zero-order valence-corrected chi connectivity index (χ0v) is 11.8. The van der Waals surface area contributed by atoms with Crippen LogP contribution in [0, 0.1) is 0 Å². The van der Waals surface area contributed by atoms with Gasteiger partial charge in [0.15, 0.2) is 0 Å². The van der Waals surface area contributed by atoms with E-state index in [2.05, 4.69) is 16.7 Å². The van der Waals surface area contributed by atoms with E-state index >= 15 is 0 Å². The highest BCUT2D eigenvalue weighted by molar-refractivity contribution is 5.98. The number of carbonyl (C=O) groups excluding carboxylic acids is 1. The van der Waals surface area contributed by atoms with Crippen molar-refractivity contribution < 1.29 is 4.79 Å². The molecule has 0 aliphatic rings. The topological polar surface area (TPSA) is 68.3 Å². The van der Waals surface area contributed by atoms with Crippen molar-refractivity contribution in [3.8, 4) is 0 Å². The molecule has 2 aromatic rings. The summed E-state index contributed by atoms with van der Waals surface area (Å²) in [5.41, 5.74) is 8.11. The summed E-state index contributed by atoms with van der Waals surface area (Å²) in [4.78, 5) is 19.3. The van der Waals surface area contributed by atoms with Gasteiger partial charge in [-0.15, -0.1) is 0 Å². The summed E-state index contributed by atoms with van der Waals surface area (Å²) in [6.07, 6.45) is 2.39. The molecule has 1 aromatic carbocycles. The number of aliphatic imine (C=N–C) groups is 1. The number of nitrogens with zero attached hydrogens (tertiary/aromatic N) is 2. The molecule has 2 rings (SSSR count). The predicted octanol–water partition coefficient (Wildman–Crippen LogP) is 3.13. The molecule has 1 aromatic heterocycles. The van der Waals surface area contributed by atoms with Gasteiger partial charge < -0.3 is 5.73 Å². The lowest BCUT2D eigenvalue weighted by Gasteiger charge is -2.05. The number of benzene rings is 1. The second-order valence-corrected chi connectivity index (χ2v) is 3.87. The highest BCUT2D eigenvalue weighted by Gasteiger charge is 2.08. The third-order valence-electron chi connectivity index (χ3n) is 2.61. The van der Waals surface area contributed by atoms with Gasteiger partial charge >= 0.3 is 0 Å². The summed E-state index contributed by atoms with van der Waals surface area (Å²) < 4.78 is 0. The number of rotatable bonds is 4. The van der Waals surface area contributed by atoms with E-state index in [0.29, 0.717) is 17.7 Å². The molecule has 0 atom stereocenters. The number of hydrogen-bond acceptors (Lipinski definition) is 3. The lowest BCUT2D eigenvalue weighted by Crippen LogP contribution is -2.11. The summed E-state index contributed by atoms with van der Waals surface area (Å²) in [7, 11) is 0. The van der Waals surface area contributed by atoms with E-state index in [1.807, 2.05) is 38.1 Å². The van der Waals surface area contributed by atoms with Crippen LogP contribution in [0.4, 0.5) is 5.69 Å². The first kappa shape index (κ1) is 15.6. The van der Waals surface area contributed by atoms with Crippen LogP contribution in [-0.2, 0) is 6.42 Å². The van der Waals surface area contributed by atoms with E-state index in [1.54, 1.807) is 18.3 Å². The highest BCUT2D eigenvalue weighted by Crippen LogP contribution is 2.21. The van der Waals surface area contributed by atoms with Crippen molar-refractivity contribution in [1.29, 1.82) is 0 Å². The van der Waals surface area contributed by atoms with E-state index in [0.717, 1.165) is 11.3 Å². The Hall–Kier alpha value is -2.49. The standard InChI is InChI=1S/C14H13N3O.C2H6/c1-16-13-6-5-10(9-12(13)14(15)18)8-11-4-2-3-7-17-11;1-2/h2-7,9H,1,8H2,(H2,15,18);1-2H3. The van der Waals surface area contributed by atoms with Crippen molar-refractivity contribution in [2.75, 3.05) is 0 Å². The average molecular weight is 269 g/mol. The molecule has 0 unspecified atom stereocenters. The van der Waals surface area contributed by atoms with Crippen molar-refractivity contribution >= 4 is 18.3 Å². The Balaban J connectivity index is 0.000000956. The van der Waals surface area contributed by atoms with Crippen LogP contribution in [-0.4, -0.2) is 17.6 Å². The Labute approximate surface area is 119 Å². The monoisotopic (exact) mass is 269 g/mol. The zero-order valence-electron chi connectivity index (χ0n) is 11.8. The Bertz CT molecular complexity index is 580. The molecule has 4 nitrogen and oxygen atoms in total. The number of carbonyl (C=O) groups is 1. The van der Waals surface area contributed by atoms with Gasteiger partial charge in [0.2, 0.25) is 0 Å². The van der Waals surface area contributed by atoms with Gasteiger partial charge in [0.1, 0.15) is 0 Å². The fraction of sp³-hybridized carbons (Fsp3) is 0.188. The number of nitrogens with two attached hydrogens (primary N) is 1. The Morgan fingerprint density at radius 3 is 2.60 bits per heavy atom. The Morgan fingerprint density at radius 2 is 2.05 bits per heavy atom. The summed E-state index contributed by atoms with van der Waals surface area (Å²) in [6.45, 7) is 7.42. The first-order valence-corrected chi connectivity index (χ1v) is 6.50. The van der Waals surface area contributed by atoms with Gasteiger partial charge in [-0.25, -0.2) is 0 Å². The highest BCUT2D eigenvalue weighted by atomic mass is 16.1. The van der Waals surface area contributed by atoms with Crippen molar-refractivity contribution in [1.82, 2.24) is 4.98 Å².